The molecule has 18 heteroatoms. The fraction of sp³-hybridized carbons (Fsp3) is 0.459. The Morgan fingerprint density at radius 1 is 0.582 bits per heavy atom. The Morgan fingerprint density at radius 2 is 1.04 bits per heavy atom. The quantitative estimate of drug-likeness (QED) is 0.0821. The molecule has 6 heterocycles. The van der Waals surface area contributed by atoms with Crippen molar-refractivity contribution < 1.29 is 47.5 Å². The Labute approximate surface area is 461 Å². The highest BCUT2D eigenvalue weighted by molar-refractivity contribution is 5.95. The van der Waals surface area contributed by atoms with Gasteiger partial charge in [-0.25, -0.2) is 14.4 Å². The summed E-state index contributed by atoms with van der Waals surface area (Å²) in [4.78, 5) is 70.9. The summed E-state index contributed by atoms with van der Waals surface area (Å²) >= 11 is 0. The molecule has 1 N–H and O–H groups in total. The molecule has 0 spiro atoms. The summed E-state index contributed by atoms with van der Waals surface area (Å²) in [7, 11) is 2.58. The number of carbonyl (C=O) groups excluding carboxylic acids is 3. The molecule has 0 unspecified atom stereocenters. The topological polar surface area (TPSA) is 182 Å². The molecule has 0 atom stereocenters. The van der Waals surface area contributed by atoms with Crippen molar-refractivity contribution in [3.8, 4) is 23.0 Å². The summed E-state index contributed by atoms with van der Waals surface area (Å²) < 4.78 is 41.7. The van der Waals surface area contributed by atoms with Crippen LogP contribution in [0.3, 0.4) is 0 Å². The Morgan fingerprint density at radius 3 is 1.52 bits per heavy atom. The number of methoxy groups -OCH3 is 2. The normalized spacial score (nSPS) is 16.0. The third-order valence-corrected chi connectivity index (χ3v) is 15.0. The lowest BCUT2D eigenvalue weighted by Gasteiger charge is -2.39. The third kappa shape index (κ3) is 13.9. The number of hydrogen-bond donors (Lipinski definition) is 1. The van der Waals surface area contributed by atoms with E-state index in [9.17, 15) is 24.0 Å². The summed E-state index contributed by atoms with van der Waals surface area (Å²) in [6, 6.07) is 27.4. The molecule has 0 radical (unpaired) electrons. The molecule has 2 aromatic heterocycles. The molecular formula is C61H74N6O12. The second kappa shape index (κ2) is 25.1. The first-order valence-corrected chi connectivity index (χ1v) is 27.4. The standard InChI is InChI=1S/C33H41N3O7.C28H33N3O5/c1-22-6-8-24-20-26(31(38)40-5)30(37)35(27(24)18-22)15-14-34-12-10-25(11-13-34)36(32(39)43-33(2,3)4)21-23-7-9-28-29(19-23)42-17-16-41-28;1-19-3-5-21-17-23(28(33)34-2)27(32)31(24(21)15-19)12-11-30-9-7-22(8-10-30)29-18-20-4-6-25-26(16-20)36-14-13-35-25/h6-9,18-20,25H,10-17,21H2,1-5H3;3-6,15-17,22,29H,7-14,18H2,1-2H3. The molecule has 4 aliphatic rings. The predicted octanol–water partition coefficient (Wildman–Crippen LogP) is 7.89. The lowest BCUT2D eigenvalue weighted by molar-refractivity contribution is 0.00558. The van der Waals surface area contributed by atoms with Crippen molar-refractivity contribution in [3.63, 3.8) is 0 Å². The van der Waals surface area contributed by atoms with Crippen LogP contribution in [0.5, 0.6) is 23.0 Å². The first-order chi connectivity index (χ1) is 38.0. The fourth-order valence-electron chi connectivity index (χ4n) is 10.7. The van der Waals surface area contributed by atoms with E-state index in [-0.39, 0.29) is 34.4 Å². The van der Waals surface area contributed by atoms with Gasteiger partial charge in [-0.05, 0) is 155 Å². The predicted molar refractivity (Wildman–Crippen MR) is 301 cm³/mol. The number of esters is 2. The van der Waals surface area contributed by atoms with Crippen LogP contribution in [0.4, 0.5) is 4.79 Å². The van der Waals surface area contributed by atoms with Crippen molar-refractivity contribution in [2.45, 2.75) is 104 Å². The number of aromatic nitrogens is 2. The minimum atomic E-state index is -0.637. The number of amides is 1. The average Bonchev–Trinajstić information content (AvgIpc) is 3.50. The van der Waals surface area contributed by atoms with Crippen molar-refractivity contribution in [2.24, 2.45) is 0 Å². The molecular weight excluding hydrogens is 1010 g/mol. The molecule has 4 aromatic carbocycles. The highest BCUT2D eigenvalue weighted by Gasteiger charge is 2.32. The molecule has 10 rings (SSSR count). The maximum absolute atomic E-state index is 13.4. The molecule has 0 bridgehead atoms. The van der Waals surface area contributed by atoms with E-state index in [4.69, 9.17) is 33.2 Å². The van der Waals surface area contributed by atoms with Crippen LogP contribution in [0.2, 0.25) is 0 Å². The van der Waals surface area contributed by atoms with Crippen molar-refractivity contribution in [1.29, 1.82) is 0 Å². The number of piperidine rings is 2. The fourth-order valence-corrected chi connectivity index (χ4v) is 10.7. The molecule has 79 heavy (non-hydrogen) atoms. The van der Waals surface area contributed by atoms with Gasteiger partial charge in [0.05, 0.1) is 25.3 Å². The van der Waals surface area contributed by atoms with Crippen LogP contribution in [0.25, 0.3) is 21.8 Å². The second-order valence-electron chi connectivity index (χ2n) is 21.8. The summed E-state index contributed by atoms with van der Waals surface area (Å²) in [6.07, 6.45) is 3.28. The summed E-state index contributed by atoms with van der Waals surface area (Å²) in [6.45, 7) is 18.8. The summed E-state index contributed by atoms with van der Waals surface area (Å²) in [5.41, 5.74) is 4.74. The van der Waals surface area contributed by atoms with E-state index in [1.807, 2.05) is 100 Å². The molecule has 2 fully saturated rings. The van der Waals surface area contributed by atoms with Crippen molar-refractivity contribution in [1.82, 2.24) is 29.2 Å². The molecule has 2 saturated heterocycles. The minimum absolute atomic E-state index is 0.00634. The average molecular weight is 1080 g/mol. The molecule has 18 nitrogen and oxygen atoms in total. The number of nitrogens with one attached hydrogen (secondary N) is 1. The van der Waals surface area contributed by atoms with Gasteiger partial charge in [-0.3, -0.25) is 9.59 Å². The van der Waals surface area contributed by atoms with E-state index >= 15 is 0 Å². The van der Waals surface area contributed by atoms with E-state index in [0.29, 0.717) is 70.1 Å². The van der Waals surface area contributed by atoms with Gasteiger partial charge in [0.15, 0.2) is 23.0 Å². The zero-order chi connectivity index (χ0) is 55.8. The van der Waals surface area contributed by atoms with Gasteiger partial charge in [-0.2, -0.15) is 0 Å². The van der Waals surface area contributed by atoms with E-state index in [1.165, 1.54) is 19.8 Å². The molecule has 420 valence electrons. The minimum Gasteiger partial charge on any atom is -0.486 e. The van der Waals surface area contributed by atoms with Crippen molar-refractivity contribution >= 4 is 39.8 Å². The lowest BCUT2D eigenvalue weighted by atomic mass is 10.0. The SMILES string of the molecule is COC(=O)c1cc2ccc(C)cc2n(CCN2CCC(N(Cc3ccc4c(c3)OCCO4)C(=O)OC(C)(C)C)CC2)c1=O.COC(=O)c1cc2ccc(C)cc2n(CCN2CCC(NCc3ccc4c(c3)OCCO4)CC2)c1=O. The van der Waals surface area contributed by atoms with Gasteiger partial charge in [-0.15, -0.1) is 0 Å². The number of benzene rings is 4. The highest BCUT2D eigenvalue weighted by atomic mass is 16.6. The maximum Gasteiger partial charge on any atom is 0.410 e. The van der Waals surface area contributed by atoms with Crippen LogP contribution in [0.15, 0.2) is 94.5 Å². The zero-order valence-electron chi connectivity index (χ0n) is 46.6. The van der Waals surface area contributed by atoms with Crippen molar-refractivity contribution in [3.05, 3.63) is 139 Å². The molecule has 0 saturated carbocycles. The zero-order valence-corrected chi connectivity index (χ0v) is 46.6. The Bertz CT molecular complexity index is 3300. The van der Waals surface area contributed by atoms with Crippen LogP contribution in [-0.4, -0.2) is 139 Å². The summed E-state index contributed by atoms with van der Waals surface area (Å²) in [5, 5.41) is 5.36. The van der Waals surface area contributed by atoms with E-state index < -0.39 is 17.5 Å². The Kier molecular flexibility index (Phi) is 17.9. The largest absolute Gasteiger partial charge is 0.486 e. The second-order valence-corrected chi connectivity index (χ2v) is 21.8. The van der Waals surface area contributed by atoms with Gasteiger partial charge < -0.3 is 62.3 Å². The number of aryl methyl sites for hydroxylation is 2. The first kappa shape index (κ1) is 56.3. The van der Waals surface area contributed by atoms with Crippen molar-refractivity contribution in [2.75, 3.05) is 79.9 Å². The number of carbonyl (C=O) groups is 3. The van der Waals surface area contributed by atoms with E-state index in [1.54, 1.807) is 21.3 Å². The first-order valence-electron chi connectivity index (χ1n) is 27.4. The molecule has 0 aliphatic carbocycles. The number of pyridine rings is 2. The number of rotatable bonds is 14. The molecule has 4 aliphatic heterocycles. The van der Waals surface area contributed by atoms with Gasteiger partial charge in [-0.1, -0.05) is 36.4 Å². The molecule has 6 aromatic rings. The lowest BCUT2D eigenvalue weighted by Crippen LogP contribution is -2.49. The molecule has 1 amide bonds. The highest BCUT2D eigenvalue weighted by Crippen LogP contribution is 2.33. The van der Waals surface area contributed by atoms with Gasteiger partial charge in [0.25, 0.3) is 11.1 Å². The van der Waals surface area contributed by atoms with E-state index in [0.717, 1.165) is 115 Å². The maximum atomic E-state index is 13.4. The van der Waals surface area contributed by atoms with Crippen LogP contribution in [-0.2, 0) is 40.4 Å². The van der Waals surface area contributed by atoms with Gasteiger partial charge in [0.2, 0.25) is 0 Å². The van der Waals surface area contributed by atoms with Gasteiger partial charge in [0, 0.05) is 64.4 Å². The number of hydrogen-bond acceptors (Lipinski definition) is 15. The Balaban J connectivity index is 0.000000195. The van der Waals surface area contributed by atoms with Crippen LogP contribution >= 0.6 is 0 Å². The van der Waals surface area contributed by atoms with Crippen LogP contribution < -0.4 is 35.4 Å². The monoisotopic (exact) mass is 1080 g/mol. The number of nitrogens with zero attached hydrogens (tertiary/aromatic N) is 5. The third-order valence-electron chi connectivity index (χ3n) is 15.0. The van der Waals surface area contributed by atoms with Gasteiger partial charge >= 0.3 is 18.0 Å². The number of likely N-dealkylation sites (tertiary alicyclic amines) is 2. The van der Waals surface area contributed by atoms with E-state index in [2.05, 4.69) is 27.2 Å². The van der Waals surface area contributed by atoms with Crippen LogP contribution in [0.1, 0.15) is 89.4 Å². The summed E-state index contributed by atoms with van der Waals surface area (Å²) in [5.74, 6) is 1.81. The Hall–Kier alpha value is -7.41. The number of fused-ring (bicyclic) bond motifs is 4. The van der Waals surface area contributed by atoms with Gasteiger partial charge in [0.1, 0.15) is 43.2 Å². The smallest absolute Gasteiger partial charge is 0.410 e. The van der Waals surface area contributed by atoms with Crippen LogP contribution in [0, 0.1) is 13.8 Å². The number of ether oxygens (including phenoxy) is 7.